The number of carbonyl (C=O) groups excluding carboxylic acids is 1. The van der Waals surface area contributed by atoms with Gasteiger partial charge in [0.25, 0.3) is 0 Å². The van der Waals surface area contributed by atoms with Crippen molar-refractivity contribution in [3.63, 3.8) is 0 Å². The molecule has 0 unspecified atom stereocenters. The Kier molecular flexibility index (Phi) is 6.66. The van der Waals surface area contributed by atoms with Crippen LogP contribution in [-0.2, 0) is 14.8 Å². The Hall–Kier alpha value is -1.80. The summed E-state index contributed by atoms with van der Waals surface area (Å²) in [5, 5.41) is 2.88. The lowest BCUT2D eigenvalue weighted by Crippen LogP contribution is -2.43. The fraction of sp³-hybridized carbons (Fsp3) is 0.588. The molecule has 0 atom stereocenters. The molecule has 7 nitrogen and oxygen atoms in total. The molecule has 0 saturated carbocycles. The minimum absolute atomic E-state index is 0.0147. The molecule has 0 aromatic heterocycles. The number of rotatable bonds is 7. The Bertz CT molecular complexity index is 697. The minimum Gasteiger partial charge on any atom is -0.497 e. The normalized spacial score (nSPS) is 16.4. The number of carbonyl (C=O) groups is 1. The maximum Gasteiger partial charge on any atom is 0.246 e. The molecule has 0 spiro atoms. The van der Waals surface area contributed by atoms with Crippen LogP contribution in [0.4, 0.5) is 0 Å². The molecular formula is C17H26N2O5S. The van der Waals surface area contributed by atoms with Crippen LogP contribution in [0.3, 0.4) is 0 Å². The van der Waals surface area contributed by atoms with Gasteiger partial charge in [-0.2, -0.15) is 4.31 Å². The van der Waals surface area contributed by atoms with Crippen molar-refractivity contribution in [2.75, 3.05) is 33.9 Å². The lowest BCUT2D eigenvalue weighted by molar-refractivity contribution is -0.126. The van der Waals surface area contributed by atoms with Gasteiger partial charge in [-0.3, -0.25) is 4.79 Å². The second-order valence-corrected chi connectivity index (χ2v) is 7.89. The average molecular weight is 370 g/mol. The zero-order valence-electron chi connectivity index (χ0n) is 14.9. The van der Waals surface area contributed by atoms with Gasteiger partial charge in [0.05, 0.1) is 14.2 Å². The van der Waals surface area contributed by atoms with E-state index >= 15 is 0 Å². The fourth-order valence-electron chi connectivity index (χ4n) is 2.88. The van der Waals surface area contributed by atoms with Crippen molar-refractivity contribution in [2.45, 2.75) is 31.1 Å². The molecule has 8 heteroatoms. The third-order valence-corrected chi connectivity index (χ3v) is 6.30. The summed E-state index contributed by atoms with van der Waals surface area (Å²) >= 11 is 0. The highest BCUT2D eigenvalue weighted by Crippen LogP contribution is 2.32. The van der Waals surface area contributed by atoms with Crippen LogP contribution in [0.5, 0.6) is 11.5 Å². The number of piperidine rings is 1. The molecule has 1 fully saturated rings. The van der Waals surface area contributed by atoms with E-state index in [1.54, 1.807) is 12.1 Å². The second kappa shape index (κ2) is 8.53. The highest BCUT2D eigenvalue weighted by Gasteiger charge is 2.33. The van der Waals surface area contributed by atoms with Gasteiger partial charge in [-0.05, 0) is 31.4 Å². The molecule has 1 aliphatic heterocycles. The van der Waals surface area contributed by atoms with E-state index < -0.39 is 10.0 Å². The molecular weight excluding hydrogens is 344 g/mol. The lowest BCUT2D eigenvalue weighted by Gasteiger charge is -2.30. The first kappa shape index (κ1) is 19.5. The van der Waals surface area contributed by atoms with Crippen LogP contribution in [0, 0.1) is 5.92 Å². The van der Waals surface area contributed by atoms with Crippen molar-refractivity contribution in [3.8, 4) is 11.5 Å². The van der Waals surface area contributed by atoms with Crippen molar-refractivity contribution < 1.29 is 22.7 Å². The predicted molar refractivity (Wildman–Crippen MR) is 94.3 cm³/mol. The first-order valence-electron chi connectivity index (χ1n) is 8.44. The van der Waals surface area contributed by atoms with Gasteiger partial charge in [0, 0.05) is 31.6 Å². The lowest BCUT2D eigenvalue weighted by atomic mass is 9.97. The Morgan fingerprint density at radius 1 is 1.24 bits per heavy atom. The molecule has 140 valence electrons. The molecule has 0 bridgehead atoms. The average Bonchev–Trinajstić information content (AvgIpc) is 2.65. The highest BCUT2D eigenvalue weighted by molar-refractivity contribution is 7.89. The summed E-state index contributed by atoms with van der Waals surface area (Å²) in [6.07, 6.45) is 1.93. The van der Waals surface area contributed by atoms with Gasteiger partial charge in [0.1, 0.15) is 16.4 Å². The molecule has 25 heavy (non-hydrogen) atoms. The van der Waals surface area contributed by atoms with Gasteiger partial charge in [-0.15, -0.1) is 0 Å². The summed E-state index contributed by atoms with van der Waals surface area (Å²) in [6, 6.07) is 4.64. The summed E-state index contributed by atoms with van der Waals surface area (Å²) < 4.78 is 37.6. The molecule has 1 aromatic rings. The molecule has 1 heterocycles. The monoisotopic (exact) mass is 370 g/mol. The Labute approximate surface area is 149 Å². The van der Waals surface area contributed by atoms with Crippen LogP contribution in [0.15, 0.2) is 23.1 Å². The standard InChI is InChI=1S/C17H26N2O5S/c1-4-9-18-17(20)13-7-10-19(11-8-13)25(21,22)16-6-5-14(23-2)12-15(16)24-3/h5-6,12-13H,4,7-11H2,1-3H3,(H,18,20). The van der Waals surface area contributed by atoms with E-state index in [1.165, 1.54) is 24.6 Å². The highest BCUT2D eigenvalue weighted by atomic mass is 32.2. The van der Waals surface area contributed by atoms with Gasteiger partial charge in [-0.25, -0.2) is 8.42 Å². The van der Waals surface area contributed by atoms with E-state index in [-0.39, 0.29) is 22.5 Å². The van der Waals surface area contributed by atoms with E-state index in [1.807, 2.05) is 6.92 Å². The molecule has 1 N–H and O–H groups in total. The third-order valence-electron chi connectivity index (χ3n) is 4.36. The summed E-state index contributed by atoms with van der Waals surface area (Å²) in [5.74, 6) is 0.668. The molecule has 1 saturated heterocycles. The van der Waals surface area contributed by atoms with E-state index in [4.69, 9.17) is 9.47 Å². The van der Waals surface area contributed by atoms with Gasteiger partial charge in [0.2, 0.25) is 15.9 Å². The number of amides is 1. The number of nitrogens with one attached hydrogen (secondary N) is 1. The zero-order valence-corrected chi connectivity index (χ0v) is 15.8. The van der Waals surface area contributed by atoms with E-state index in [0.29, 0.717) is 38.2 Å². The Morgan fingerprint density at radius 3 is 2.48 bits per heavy atom. The number of nitrogens with zero attached hydrogens (tertiary/aromatic N) is 1. The van der Waals surface area contributed by atoms with Gasteiger partial charge in [0.15, 0.2) is 0 Å². The van der Waals surface area contributed by atoms with E-state index in [2.05, 4.69) is 5.32 Å². The first-order valence-corrected chi connectivity index (χ1v) is 9.88. The van der Waals surface area contributed by atoms with Crippen LogP contribution in [0.2, 0.25) is 0 Å². The van der Waals surface area contributed by atoms with Crippen LogP contribution >= 0.6 is 0 Å². The van der Waals surface area contributed by atoms with Gasteiger partial charge < -0.3 is 14.8 Å². The van der Waals surface area contributed by atoms with E-state index in [0.717, 1.165) is 6.42 Å². The number of hydrogen-bond donors (Lipinski definition) is 1. The summed E-state index contributed by atoms with van der Waals surface area (Å²) in [6.45, 7) is 3.29. The minimum atomic E-state index is -3.67. The number of benzene rings is 1. The maximum absolute atomic E-state index is 12.9. The molecule has 1 amide bonds. The fourth-order valence-corrected chi connectivity index (χ4v) is 4.48. The van der Waals surface area contributed by atoms with Crippen molar-refractivity contribution in [3.05, 3.63) is 18.2 Å². The summed E-state index contributed by atoms with van der Waals surface area (Å²) in [5.41, 5.74) is 0. The molecule has 2 rings (SSSR count). The Balaban J connectivity index is 2.11. The van der Waals surface area contributed by atoms with Crippen LogP contribution in [-0.4, -0.2) is 52.5 Å². The van der Waals surface area contributed by atoms with E-state index in [9.17, 15) is 13.2 Å². The van der Waals surface area contributed by atoms with Crippen molar-refractivity contribution in [1.82, 2.24) is 9.62 Å². The smallest absolute Gasteiger partial charge is 0.246 e. The molecule has 0 aliphatic carbocycles. The zero-order chi connectivity index (χ0) is 18.4. The number of methoxy groups -OCH3 is 2. The number of sulfonamides is 1. The molecule has 1 aliphatic rings. The van der Waals surface area contributed by atoms with Crippen LogP contribution in [0.25, 0.3) is 0 Å². The number of hydrogen-bond acceptors (Lipinski definition) is 5. The maximum atomic E-state index is 12.9. The SMILES string of the molecule is CCCNC(=O)C1CCN(S(=O)(=O)c2ccc(OC)cc2OC)CC1. The summed E-state index contributed by atoms with van der Waals surface area (Å²) in [4.78, 5) is 12.2. The third kappa shape index (κ3) is 4.43. The first-order chi connectivity index (χ1) is 11.9. The van der Waals surface area contributed by atoms with Gasteiger partial charge >= 0.3 is 0 Å². The molecule has 1 aromatic carbocycles. The van der Waals surface area contributed by atoms with Gasteiger partial charge in [-0.1, -0.05) is 6.92 Å². The van der Waals surface area contributed by atoms with Crippen molar-refractivity contribution in [1.29, 1.82) is 0 Å². The van der Waals surface area contributed by atoms with Crippen LogP contribution < -0.4 is 14.8 Å². The number of ether oxygens (including phenoxy) is 2. The largest absolute Gasteiger partial charge is 0.497 e. The quantitative estimate of drug-likeness (QED) is 0.789. The topological polar surface area (TPSA) is 84.9 Å². The van der Waals surface area contributed by atoms with Crippen LogP contribution in [0.1, 0.15) is 26.2 Å². The molecule has 0 radical (unpaired) electrons. The second-order valence-electron chi connectivity index (χ2n) is 5.99. The Morgan fingerprint density at radius 2 is 1.92 bits per heavy atom. The summed E-state index contributed by atoms with van der Waals surface area (Å²) in [7, 11) is -0.735. The van der Waals surface area contributed by atoms with Crippen molar-refractivity contribution in [2.24, 2.45) is 5.92 Å². The predicted octanol–water partition coefficient (Wildman–Crippen LogP) is 1.63. The van der Waals surface area contributed by atoms with Crippen molar-refractivity contribution >= 4 is 15.9 Å².